The van der Waals surface area contributed by atoms with Crippen LogP contribution in [0, 0.1) is 0 Å². The summed E-state index contributed by atoms with van der Waals surface area (Å²) in [5.74, 6) is 1.34. The third kappa shape index (κ3) is 8.16. The fourth-order valence-electron chi connectivity index (χ4n) is 3.17. The van der Waals surface area contributed by atoms with E-state index in [9.17, 15) is 8.42 Å². The van der Waals surface area contributed by atoms with Crippen LogP contribution in [0.25, 0.3) is 0 Å². The smallest absolute Gasteiger partial charge is 0.191 e. The fourth-order valence-corrected chi connectivity index (χ4v) is 4.45. The molecule has 1 aliphatic heterocycles. The molecule has 0 saturated carbocycles. The first-order chi connectivity index (χ1) is 13.4. The average Bonchev–Trinajstić information content (AvgIpc) is 2.68. The van der Waals surface area contributed by atoms with Crippen molar-refractivity contribution in [2.45, 2.75) is 25.9 Å². The summed E-state index contributed by atoms with van der Waals surface area (Å²) in [5.41, 5.74) is 1.33. The van der Waals surface area contributed by atoms with Crippen molar-refractivity contribution < 1.29 is 8.42 Å². The van der Waals surface area contributed by atoms with E-state index in [4.69, 9.17) is 0 Å². The highest BCUT2D eigenvalue weighted by molar-refractivity contribution is 7.91. The minimum atomic E-state index is -2.81. The summed E-state index contributed by atoms with van der Waals surface area (Å²) in [6.07, 6.45) is 1.02. The maximum absolute atomic E-state index is 11.5. The van der Waals surface area contributed by atoms with Crippen molar-refractivity contribution in [3.05, 3.63) is 35.9 Å². The predicted octanol–water partition coefficient (Wildman–Crippen LogP) is 0.792. The zero-order chi connectivity index (χ0) is 20.4. The molecular weight excluding hydrogens is 374 g/mol. The molecule has 1 aliphatic rings. The highest BCUT2D eigenvalue weighted by Crippen LogP contribution is 2.08. The molecule has 1 fully saturated rings. The molecule has 1 aromatic rings. The second-order valence-corrected chi connectivity index (χ2v) is 9.76. The number of benzene rings is 1. The van der Waals surface area contributed by atoms with E-state index in [0.717, 1.165) is 38.6 Å². The first kappa shape index (κ1) is 22.6. The molecule has 1 atom stereocenters. The monoisotopic (exact) mass is 409 g/mol. The number of rotatable bonds is 9. The van der Waals surface area contributed by atoms with Gasteiger partial charge in [0.15, 0.2) is 15.8 Å². The molecule has 0 bridgehead atoms. The van der Waals surface area contributed by atoms with E-state index in [1.807, 2.05) is 6.07 Å². The van der Waals surface area contributed by atoms with Crippen molar-refractivity contribution in [2.75, 3.05) is 58.3 Å². The van der Waals surface area contributed by atoms with Crippen molar-refractivity contribution in [3.8, 4) is 0 Å². The first-order valence-electron chi connectivity index (χ1n) is 10.0. The van der Waals surface area contributed by atoms with Crippen molar-refractivity contribution in [2.24, 2.45) is 4.99 Å². The molecule has 1 unspecified atom stereocenters. The maximum atomic E-state index is 11.5. The third-order valence-electron chi connectivity index (χ3n) is 5.26. The Morgan fingerprint density at radius 3 is 2.46 bits per heavy atom. The Balaban J connectivity index is 1.61. The summed E-state index contributed by atoms with van der Waals surface area (Å²) in [4.78, 5) is 8.81. The van der Waals surface area contributed by atoms with Gasteiger partial charge in [-0.15, -0.1) is 0 Å². The molecular formula is C20H35N5O2S. The first-order valence-corrected chi connectivity index (χ1v) is 11.8. The van der Waals surface area contributed by atoms with Crippen LogP contribution >= 0.6 is 0 Å². The van der Waals surface area contributed by atoms with Gasteiger partial charge in [-0.1, -0.05) is 30.3 Å². The van der Waals surface area contributed by atoms with Crippen LogP contribution in [0.5, 0.6) is 0 Å². The normalized spacial score (nSPS) is 18.8. The second kappa shape index (κ2) is 11.4. The lowest BCUT2D eigenvalue weighted by molar-refractivity contribution is 0.238. The molecule has 1 saturated heterocycles. The molecule has 2 rings (SSSR count). The number of hydrogen-bond acceptors (Lipinski definition) is 5. The predicted molar refractivity (Wildman–Crippen MR) is 116 cm³/mol. The summed E-state index contributed by atoms with van der Waals surface area (Å²) in [5, 5.41) is 6.68. The molecule has 0 aliphatic carbocycles. The lowest BCUT2D eigenvalue weighted by Crippen LogP contribution is -2.46. The summed E-state index contributed by atoms with van der Waals surface area (Å²) < 4.78 is 22.9. The molecule has 1 heterocycles. The molecule has 0 radical (unpaired) electrons. The molecule has 158 valence electrons. The minimum absolute atomic E-state index is 0.272. The highest BCUT2D eigenvalue weighted by Gasteiger charge is 2.20. The topological polar surface area (TPSA) is 77.0 Å². The molecule has 2 N–H and O–H groups in total. The van der Waals surface area contributed by atoms with E-state index in [1.165, 1.54) is 5.56 Å². The Labute approximate surface area is 170 Å². The van der Waals surface area contributed by atoms with Gasteiger partial charge < -0.3 is 10.6 Å². The van der Waals surface area contributed by atoms with Crippen molar-refractivity contribution >= 4 is 15.8 Å². The average molecular weight is 410 g/mol. The Morgan fingerprint density at radius 1 is 1.18 bits per heavy atom. The summed E-state index contributed by atoms with van der Waals surface area (Å²) in [7, 11) is 1.12. The Hall–Kier alpha value is -1.64. The van der Waals surface area contributed by atoms with Crippen LogP contribution in [-0.2, 0) is 16.4 Å². The highest BCUT2D eigenvalue weighted by atomic mass is 32.2. The number of nitrogens with one attached hydrogen (secondary N) is 2. The van der Waals surface area contributed by atoms with Crippen molar-refractivity contribution in [3.63, 3.8) is 0 Å². The molecule has 0 aromatic heterocycles. The quantitative estimate of drug-likeness (QED) is 0.464. The molecule has 8 heteroatoms. The van der Waals surface area contributed by atoms with E-state index in [0.29, 0.717) is 19.1 Å². The van der Waals surface area contributed by atoms with Gasteiger partial charge in [-0.2, -0.15) is 0 Å². The third-order valence-corrected chi connectivity index (χ3v) is 6.87. The number of aliphatic imine (C=N–C) groups is 1. The largest absolute Gasteiger partial charge is 0.356 e. The summed E-state index contributed by atoms with van der Waals surface area (Å²) in [6.45, 7) is 6.87. The fraction of sp³-hybridized carbons (Fsp3) is 0.650. The number of sulfone groups is 1. The zero-order valence-corrected chi connectivity index (χ0v) is 18.2. The van der Waals surface area contributed by atoms with Crippen LogP contribution in [-0.4, -0.2) is 88.5 Å². The van der Waals surface area contributed by atoms with E-state index in [2.05, 4.69) is 63.7 Å². The summed E-state index contributed by atoms with van der Waals surface area (Å²) in [6, 6.07) is 11.0. The molecule has 7 nitrogen and oxygen atoms in total. The standard InChI is InChI=1S/C20H35N5O2S/c1-18(24(3)17-19-7-5-4-6-8-19)9-10-22-20(21-2)23-11-12-25-13-15-28(26,27)16-14-25/h4-8,18H,9-17H2,1-3H3,(H2,21,22,23). The van der Waals surface area contributed by atoms with Crippen LogP contribution < -0.4 is 10.6 Å². The van der Waals surface area contributed by atoms with Gasteiger partial charge in [0, 0.05) is 52.4 Å². The van der Waals surface area contributed by atoms with Crippen LogP contribution in [0.15, 0.2) is 35.3 Å². The maximum Gasteiger partial charge on any atom is 0.191 e. The van der Waals surface area contributed by atoms with Gasteiger partial charge in [-0.3, -0.25) is 14.8 Å². The van der Waals surface area contributed by atoms with Gasteiger partial charge in [-0.25, -0.2) is 8.42 Å². The Kier molecular flexibility index (Phi) is 9.21. The Bertz CT molecular complexity index is 695. The number of hydrogen-bond donors (Lipinski definition) is 2. The summed E-state index contributed by atoms with van der Waals surface area (Å²) >= 11 is 0. The van der Waals surface area contributed by atoms with E-state index in [-0.39, 0.29) is 11.5 Å². The minimum Gasteiger partial charge on any atom is -0.356 e. The van der Waals surface area contributed by atoms with E-state index < -0.39 is 9.84 Å². The lowest BCUT2D eigenvalue weighted by atomic mass is 10.1. The van der Waals surface area contributed by atoms with Gasteiger partial charge in [0.1, 0.15) is 0 Å². The molecule has 1 aromatic carbocycles. The van der Waals surface area contributed by atoms with Crippen molar-refractivity contribution in [1.29, 1.82) is 0 Å². The van der Waals surface area contributed by atoms with Gasteiger partial charge >= 0.3 is 0 Å². The van der Waals surface area contributed by atoms with E-state index >= 15 is 0 Å². The van der Waals surface area contributed by atoms with Crippen LogP contribution in [0.1, 0.15) is 18.9 Å². The van der Waals surface area contributed by atoms with Gasteiger partial charge in [0.25, 0.3) is 0 Å². The molecule has 0 spiro atoms. The Morgan fingerprint density at radius 2 is 1.82 bits per heavy atom. The number of nitrogens with zero attached hydrogens (tertiary/aromatic N) is 3. The van der Waals surface area contributed by atoms with Crippen molar-refractivity contribution in [1.82, 2.24) is 20.4 Å². The number of guanidine groups is 1. The molecule has 28 heavy (non-hydrogen) atoms. The van der Waals surface area contributed by atoms with E-state index in [1.54, 1.807) is 7.05 Å². The SMILES string of the molecule is CN=C(NCCC(C)N(C)Cc1ccccc1)NCCN1CCS(=O)(=O)CC1. The van der Waals surface area contributed by atoms with Gasteiger partial charge in [-0.05, 0) is 26.0 Å². The van der Waals surface area contributed by atoms with Crippen LogP contribution in [0.2, 0.25) is 0 Å². The zero-order valence-electron chi connectivity index (χ0n) is 17.4. The van der Waals surface area contributed by atoms with Gasteiger partial charge in [0.05, 0.1) is 11.5 Å². The lowest BCUT2D eigenvalue weighted by Gasteiger charge is -2.27. The second-order valence-electron chi connectivity index (χ2n) is 7.46. The van der Waals surface area contributed by atoms with Crippen LogP contribution in [0.4, 0.5) is 0 Å². The molecule has 0 amide bonds. The van der Waals surface area contributed by atoms with Crippen LogP contribution in [0.3, 0.4) is 0 Å². The van der Waals surface area contributed by atoms with Gasteiger partial charge in [0.2, 0.25) is 0 Å².